The van der Waals surface area contributed by atoms with E-state index < -0.39 is 6.43 Å². The molecule has 0 bridgehead atoms. The highest BCUT2D eigenvalue weighted by atomic mass is 35.5. The lowest BCUT2D eigenvalue weighted by Gasteiger charge is -2.22. The van der Waals surface area contributed by atoms with Crippen LogP contribution in [0, 0.1) is 17.8 Å². The molecule has 2 nitrogen and oxygen atoms in total. The third-order valence-corrected chi connectivity index (χ3v) is 4.79. The molecule has 1 aliphatic heterocycles. The van der Waals surface area contributed by atoms with Gasteiger partial charge in [0.05, 0.1) is 0 Å². The molecular weight excluding hydrogens is 282 g/mol. The van der Waals surface area contributed by atoms with E-state index in [1.807, 2.05) is 18.2 Å². The lowest BCUT2D eigenvalue weighted by atomic mass is 10.1. The third kappa shape index (κ3) is 1.85. The zero-order valence-electron chi connectivity index (χ0n) is 10.6. The number of alkyl halides is 2. The molecule has 5 heteroatoms. The average Bonchev–Trinajstić information content (AvgIpc) is 2.94. The Hall–Kier alpha value is -1.42. The summed E-state index contributed by atoms with van der Waals surface area (Å²) in [6.07, 6.45) is -0.413. The second kappa shape index (κ2) is 4.29. The van der Waals surface area contributed by atoms with E-state index in [4.69, 9.17) is 11.6 Å². The van der Waals surface area contributed by atoms with Gasteiger partial charge in [0.2, 0.25) is 6.43 Å². The molecule has 2 aromatic rings. The van der Waals surface area contributed by atoms with Gasteiger partial charge in [0.25, 0.3) is 0 Å². The SMILES string of the molecule is FC(F)C1[C@H]2CN(c3ccc4cnc(Cl)cc4c3)C[C@@H]12. The van der Waals surface area contributed by atoms with Gasteiger partial charge in [-0.15, -0.1) is 0 Å². The zero-order chi connectivity index (χ0) is 13.9. The first kappa shape index (κ1) is 12.3. The van der Waals surface area contributed by atoms with Crippen LogP contribution in [0.25, 0.3) is 10.8 Å². The number of halogens is 3. The highest BCUT2D eigenvalue weighted by molar-refractivity contribution is 6.30. The first-order chi connectivity index (χ1) is 9.63. The molecule has 20 heavy (non-hydrogen) atoms. The number of anilines is 1. The summed E-state index contributed by atoms with van der Waals surface area (Å²) in [6.45, 7) is 1.48. The predicted octanol–water partition coefficient (Wildman–Crippen LogP) is 3.84. The second-order valence-electron chi connectivity index (χ2n) is 5.68. The number of hydrogen-bond donors (Lipinski definition) is 0. The van der Waals surface area contributed by atoms with E-state index in [0.29, 0.717) is 5.15 Å². The molecule has 1 aromatic heterocycles. The largest absolute Gasteiger partial charge is 0.371 e. The van der Waals surface area contributed by atoms with Gasteiger partial charge >= 0.3 is 0 Å². The van der Waals surface area contributed by atoms with Crippen LogP contribution in [-0.2, 0) is 0 Å². The number of piperidine rings is 1. The van der Waals surface area contributed by atoms with Gasteiger partial charge in [0, 0.05) is 36.3 Å². The maximum Gasteiger partial charge on any atom is 0.242 e. The fourth-order valence-electron chi connectivity index (χ4n) is 3.46. The molecule has 104 valence electrons. The molecule has 2 fully saturated rings. The molecule has 4 rings (SSSR count). The van der Waals surface area contributed by atoms with Crippen molar-refractivity contribution in [1.29, 1.82) is 0 Å². The van der Waals surface area contributed by atoms with Crippen LogP contribution in [-0.4, -0.2) is 24.5 Å². The van der Waals surface area contributed by atoms with E-state index in [2.05, 4.69) is 16.0 Å². The molecule has 0 spiro atoms. The summed E-state index contributed by atoms with van der Waals surface area (Å²) in [4.78, 5) is 6.25. The van der Waals surface area contributed by atoms with Crippen LogP contribution in [0.15, 0.2) is 30.5 Å². The highest BCUT2D eigenvalue weighted by Gasteiger charge is 2.59. The number of hydrogen-bond acceptors (Lipinski definition) is 2. The van der Waals surface area contributed by atoms with E-state index in [0.717, 1.165) is 29.5 Å². The molecule has 0 amide bonds. The topological polar surface area (TPSA) is 16.1 Å². The van der Waals surface area contributed by atoms with Crippen LogP contribution in [0.4, 0.5) is 14.5 Å². The van der Waals surface area contributed by atoms with Gasteiger partial charge < -0.3 is 4.90 Å². The van der Waals surface area contributed by atoms with Gasteiger partial charge in [0.1, 0.15) is 5.15 Å². The number of nitrogens with zero attached hydrogens (tertiary/aromatic N) is 2. The van der Waals surface area contributed by atoms with Gasteiger partial charge in [-0.25, -0.2) is 13.8 Å². The Kier molecular flexibility index (Phi) is 2.64. The molecule has 1 aliphatic carbocycles. The Morgan fingerprint density at radius 1 is 1.15 bits per heavy atom. The van der Waals surface area contributed by atoms with Crippen molar-refractivity contribution < 1.29 is 8.78 Å². The fraction of sp³-hybridized carbons (Fsp3) is 0.400. The molecule has 1 saturated carbocycles. The summed E-state index contributed by atoms with van der Waals surface area (Å²) in [6, 6.07) is 7.92. The standard InChI is InChI=1S/C15H13ClF2N2/c16-13-4-9-3-10(2-1-8(9)5-19-13)20-6-11-12(7-20)14(11)15(17)18/h1-5,11-12,14-15H,6-7H2/t11-,12+,14?. The molecule has 0 radical (unpaired) electrons. The van der Waals surface area contributed by atoms with Gasteiger partial charge in [-0.3, -0.25) is 0 Å². The molecule has 0 N–H and O–H groups in total. The number of aromatic nitrogens is 1. The number of rotatable bonds is 2. The summed E-state index contributed by atoms with van der Waals surface area (Å²) in [5.41, 5.74) is 1.08. The van der Waals surface area contributed by atoms with Gasteiger partial charge in [-0.2, -0.15) is 0 Å². The van der Waals surface area contributed by atoms with Crippen molar-refractivity contribution in [1.82, 2.24) is 4.98 Å². The van der Waals surface area contributed by atoms with Crippen molar-refractivity contribution in [2.45, 2.75) is 6.43 Å². The van der Waals surface area contributed by atoms with Crippen molar-refractivity contribution >= 4 is 28.1 Å². The molecule has 1 aromatic carbocycles. The van der Waals surface area contributed by atoms with Crippen molar-refractivity contribution in [2.75, 3.05) is 18.0 Å². The maximum atomic E-state index is 12.7. The predicted molar refractivity (Wildman–Crippen MR) is 75.4 cm³/mol. The van der Waals surface area contributed by atoms with E-state index in [9.17, 15) is 8.78 Å². The molecule has 1 unspecified atom stereocenters. The van der Waals surface area contributed by atoms with Crippen molar-refractivity contribution in [3.05, 3.63) is 35.6 Å². The van der Waals surface area contributed by atoms with E-state index in [1.54, 1.807) is 6.20 Å². The molecule has 3 atom stereocenters. The lowest BCUT2D eigenvalue weighted by molar-refractivity contribution is 0.109. The molecule has 1 saturated heterocycles. The number of benzene rings is 1. The van der Waals surface area contributed by atoms with Crippen molar-refractivity contribution in [2.24, 2.45) is 17.8 Å². The number of fused-ring (bicyclic) bond motifs is 2. The van der Waals surface area contributed by atoms with Gasteiger partial charge in [0.15, 0.2) is 0 Å². The van der Waals surface area contributed by atoms with Crippen molar-refractivity contribution in [3.8, 4) is 0 Å². The summed E-state index contributed by atoms with van der Waals surface area (Å²) in [5, 5.41) is 2.54. The Balaban J connectivity index is 1.59. The summed E-state index contributed by atoms with van der Waals surface area (Å²) in [7, 11) is 0. The summed E-state index contributed by atoms with van der Waals surface area (Å²) >= 11 is 5.91. The third-order valence-electron chi connectivity index (χ3n) is 4.59. The smallest absolute Gasteiger partial charge is 0.242 e. The number of pyridine rings is 1. The minimum absolute atomic E-state index is 0.173. The summed E-state index contributed by atoms with van der Waals surface area (Å²) < 4.78 is 25.4. The van der Waals surface area contributed by atoms with Crippen LogP contribution in [0.2, 0.25) is 5.15 Å². The monoisotopic (exact) mass is 294 g/mol. The van der Waals surface area contributed by atoms with E-state index in [1.165, 1.54) is 0 Å². The second-order valence-corrected chi connectivity index (χ2v) is 6.07. The Morgan fingerprint density at radius 2 is 1.90 bits per heavy atom. The Labute approximate surface area is 120 Å². The fourth-order valence-corrected chi connectivity index (χ4v) is 3.62. The van der Waals surface area contributed by atoms with E-state index in [-0.39, 0.29) is 17.8 Å². The van der Waals surface area contributed by atoms with E-state index >= 15 is 0 Å². The minimum atomic E-state index is -2.16. The van der Waals surface area contributed by atoms with Gasteiger partial charge in [-0.05, 0) is 35.4 Å². The quantitative estimate of drug-likeness (QED) is 0.783. The molecule has 2 heterocycles. The van der Waals surface area contributed by atoms with Crippen LogP contribution >= 0.6 is 11.6 Å². The highest BCUT2D eigenvalue weighted by Crippen LogP contribution is 2.55. The van der Waals surface area contributed by atoms with Crippen LogP contribution in [0.1, 0.15) is 0 Å². The first-order valence-corrected chi connectivity index (χ1v) is 7.10. The molecular formula is C15H13ClF2N2. The Morgan fingerprint density at radius 3 is 2.60 bits per heavy atom. The first-order valence-electron chi connectivity index (χ1n) is 6.72. The normalized spacial score (nSPS) is 28.2. The Bertz CT molecular complexity index is 664. The zero-order valence-corrected chi connectivity index (χ0v) is 11.4. The van der Waals surface area contributed by atoms with Gasteiger partial charge in [-0.1, -0.05) is 17.7 Å². The van der Waals surface area contributed by atoms with Crippen LogP contribution in [0.3, 0.4) is 0 Å². The van der Waals surface area contributed by atoms with Crippen LogP contribution in [0.5, 0.6) is 0 Å². The lowest BCUT2D eigenvalue weighted by Crippen LogP contribution is -2.25. The van der Waals surface area contributed by atoms with Crippen LogP contribution < -0.4 is 4.90 Å². The average molecular weight is 295 g/mol. The minimum Gasteiger partial charge on any atom is -0.371 e. The molecule has 2 aliphatic rings. The summed E-state index contributed by atoms with van der Waals surface area (Å²) in [5.74, 6) is -0.0243. The maximum absolute atomic E-state index is 12.7. The van der Waals surface area contributed by atoms with Crippen molar-refractivity contribution in [3.63, 3.8) is 0 Å².